The van der Waals surface area contributed by atoms with Crippen LogP contribution < -0.4 is 0 Å². The Morgan fingerprint density at radius 3 is 2.41 bits per heavy atom. The summed E-state index contributed by atoms with van der Waals surface area (Å²) in [4.78, 5) is 12.9. The van der Waals surface area contributed by atoms with Crippen molar-refractivity contribution in [2.75, 3.05) is 0 Å². The van der Waals surface area contributed by atoms with Gasteiger partial charge < -0.3 is 5.11 Å². The number of hydrogen-bond acceptors (Lipinski definition) is 2. The van der Waals surface area contributed by atoms with Gasteiger partial charge in [-0.15, -0.1) is 0 Å². The second kappa shape index (κ2) is 7.82. The Balaban J connectivity index is 1.68. The maximum atomic E-state index is 12.9. The van der Waals surface area contributed by atoms with Crippen LogP contribution in [0, 0.1) is 39.4 Å². The molecule has 0 aliphatic heterocycles. The lowest BCUT2D eigenvalue weighted by Gasteiger charge is -2.61. The molecule has 0 spiro atoms. The van der Waals surface area contributed by atoms with E-state index in [-0.39, 0.29) is 22.0 Å². The van der Waals surface area contributed by atoms with Gasteiger partial charge in [0.1, 0.15) is 6.10 Å². The highest BCUT2D eigenvalue weighted by atomic mass is 16.3. The van der Waals surface area contributed by atoms with Gasteiger partial charge in [0.25, 0.3) is 0 Å². The zero-order valence-corrected chi connectivity index (χ0v) is 22.1. The summed E-state index contributed by atoms with van der Waals surface area (Å²) in [5.41, 5.74) is 5.03. The predicted octanol–water partition coefficient (Wildman–Crippen LogP) is 7.66. The molecule has 0 aromatic carbocycles. The van der Waals surface area contributed by atoms with Crippen molar-refractivity contribution in [3.05, 3.63) is 22.8 Å². The lowest BCUT2D eigenvalue weighted by atomic mass is 9.43. The molecule has 1 N–H and O–H groups in total. The van der Waals surface area contributed by atoms with Crippen molar-refractivity contribution in [3.63, 3.8) is 0 Å². The summed E-state index contributed by atoms with van der Waals surface area (Å²) in [5, 5.41) is 10.7. The van der Waals surface area contributed by atoms with E-state index in [1.807, 2.05) is 0 Å². The third-order valence-corrected chi connectivity index (χ3v) is 11.4. The van der Waals surface area contributed by atoms with Gasteiger partial charge in [0.05, 0.1) is 0 Å². The smallest absolute Gasteiger partial charge is 0.162 e. The van der Waals surface area contributed by atoms with E-state index in [0.717, 1.165) is 24.7 Å². The maximum Gasteiger partial charge on any atom is 0.162 e. The molecule has 0 bridgehead atoms. The van der Waals surface area contributed by atoms with Crippen LogP contribution in [0.2, 0.25) is 0 Å². The summed E-state index contributed by atoms with van der Waals surface area (Å²) in [6.45, 7) is 18.8. The molecule has 2 saturated carbocycles. The van der Waals surface area contributed by atoms with Crippen LogP contribution in [0.25, 0.3) is 0 Å². The minimum Gasteiger partial charge on any atom is -0.385 e. The van der Waals surface area contributed by atoms with Gasteiger partial charge in [0, 0.05) is 11.8 Å². The SMILES string of the molecule is CC(C)=CCC[C@@H](C)[C@H]1CC[C@@]2(C)C3=C(CC[C@@]12C)[C@@]1(C)CC(=O)C(O)C(C)(C)C1CC3. The molecule has 4 aliphatic carbocycles. The normalized spacial score (nSPS) is 43.9. The number of rotatable bonds is 4. The number of allylic oxidation sites excluding steroid dienone is 4. The maximum absolute atomic E-state index is 12.9. The molecule has 4 rings (SSSR count). The van der Waals surface area contributed by atoms with Gasteiger partial charge in [-0.3, -0.25) is 4.79 Å². The molecule has 32 heavy (non-hydrogen) atoms. The van der Waals surface area contributed by atoms with E-state index in [1.54, 1.807) is 11.1 Å². The fraction of sp³-hybridized carbons (Fsp3) is 0.833. The second-order valence-electron chi connectivity index (χ2n) is 13.6. The Labute approximate surface area is 197 Å². The van der Waals surface area contributed by atoms with Gasteiger partial charge in [-0.1, -0.05) is 64.3 Å². The Morgan fingerprint density at radius 2 is 1.75 bits per heavy atom. The summed E-state index contributed by atoms with van der Waals surface area (Å²) in [7, 11) is 0. The number of ketones is 1. The molecule has 0 radical (unpaired) electrons. The fourth-order valence-corrected chi connectivity index (χ4v) is 9.39. The van der Waals surface area contributed by atoms with Crippen molar-refractivity contribution >= 4 is 5.78 Å². The number of carbonyl (C=O) groups excluding carboxylic acids is 1. The molecule has 0 amide bonds. The molecular formula is C30H48O2. The molecule has 4 aliphatic rings. The molecule has 2 nitrogen and oxygen atoms in total. The fourth-order valence-electron chi connectivity index (χ4n) is 9.39. The van der Waals surface area contributed by atoms with Crippen molar-refractivity contribution in [3.8, 4) is 0 Å². The first kappa shape index (κ1) is 24.2. The molecule has 2 fully saturated rings. The Morgan fingerprint density at radius 1 is 1.06 bits per heavy atom. The van der Waals surface area contributed by atoms with Crippen LogP contribution in [0.15, 0.2) is 22.8 Å². The van der Waals surface area contributed by atoms with Crippen LogP contribution in [-0.2, 0) is 4.79 Å². The van der Waals surface area contributed by atoms with E-state index in [9.17, 15) is 9.90 Å². The van der Waals surface area contributed by atoms with Crippen molar-refractivity contribution in [1.29, 1.82) is 0 Å². The van der Waals surface area contributed by atoms with Gasteiger partial charge in [0.2, 0.25) is 0 Å². The number of fused-ring (bicyclic) bond motifs is 4. The first-order chi connectivity index (χ1) is 14.8. The minimum atomic E-state index is -0.801. The van der Waals surface area contributed by atoms with Gasteiger partial charge >= 0.3 is 0 Å². The monoisotopic (exact) mass is 440 g/mol. The summed E-state index contributed by atoms with van der Waals surface area (Å²) in [6, 6.07) is 0. The molecular weight excluding hydrogens is 392 g/mol. The molecule has 0 saturated heterocycles. The van der Waals surface area contributed by atoms with E-state index in [1.165, 1.54) is 44.1 Å². The third-order valence-electron chi connectivity index (χ3n) is 11.4. The Hall–Kier alpha value is -0.890. The van der Waals surface area contributed by atoms with Crippen molar-refractivity contribution in [2.24, 2.45) is 39.4 Å². The standard InChI is InChI=1S/C30H48O2/c1-19(2)10-9-11-20(3)21-14-16-30(8)23-12-13-25-27(4,5)26(32)24(31)18-28(25,6)22(23)15-17-29(21,30)7/h10,20-21,25-26,32H,9,11-18H2,1-8H3/t20-,21-,25?,26?,28-,29+,30+/m1/s1. The van der Waals surface area contributed by atoms with Crippen LogP contribution in [0.5, 0.6) is 0 Å². The van der Waals surface area contributed by atoms with E-state index in [4.69, 9.17) is 0 Å². The highest BCUT2D eigenvalue weighted by Crippen LogP contribution is 2.72. The number of aliphatic hydroxyl groups excluding tert-OH is 1. The average molecular weight is 441 g/mol. The number of hydrogen-bond donors (Lipinski definition) is 1. The van der Waals surface area contributed by atoms with E-state index in [2.05, 4.69) is 61.5 Å². The zero-order valence-electron chi connectivity index (χ0n) is 22.1. The largest absolute Gasteiger partial charge is 0.385 e. The Kier molecular flexibility index (Phi) is 5.93. The first-order valence-corrected chi connectivity index (χ1v) is 13.4. The first-order valence-electron chi connectivity index (χ1n) is 13.4. The molecule has 0 aromatic rings. The number of Topliss-reactive ketones (excluding diaryl/α,β-unsaturated/α-hetero) is 1. The van der Waals surface area contributed by atoms with E-state index < -0.39 is 6.10 Å². The van der Waals surface area contributed by atoms with Crippen LogP contribution in [-0.4, -0.2) is 17.0 Å². The van der Waals surface area contributed by atoms with Gasteiger partial charge in [-0.05, 0) is 99.2 Å². The molecule has 2 unspecified atom stereocenters. The van der Waals surface area contributed by atoms with Gasteiger partial charge in [0.15, 0.2) is 5.78 Å². The molecule has 2 heteroatoms. The summed E-state index contributed by atoms with van der Waals surface area (Å²) in [5.74, 6) is 2.02. The van der Waals surface area contributed by atoms with E-state index in [0.29, 0.717) is 17.8 Å². The predicted molar refractivity (Wildman–Crippen MR) is 133 cm³/mol. The zero-order chi connectivity index (χ0) is 23.7. The second-order valence-corrected chi connectivity index (χ2v) is 13.6. The van der Waals surface area contributed by atoms with E-state index >= 15 is 0 Å². The molecule has 7 atom stereocenters. The lowest BCUT2D eigenvalue weighted by molar-refractivity contribution is -0.153. The van der Waals surface area contributed by atoms with Gasteiger partial charge in [-0.25, -0.2) is 0 Å². The minimum absolute atomic E-state index is 0.0646. The van der Waals surface area contributed by atoms with Crippen molar-refractivity contribution in [2.45, 2.75) is 119 Å². The van der Waals surface area contributed by atoms with Gasteiger partial charge in [-0.2, -0.15) is 0 Å². The summed E-state index contributed by atoms with van der Waals surface area (Å²) >= 11 is 0. The van der Waals surface area contributed by atoms with Crippen LogP contribution in [0.3, 0.4) is 0 Å². The summed E-state index contributed by atoms with van der Waals surface area (Å²) in [6.07, 6.45) is 12.0. The van der Waals surface area contributed by atoms with Crippen LogP contribution >= 0.6 is 0 Å². The average Bonchev–Trinajstić information content (AvgIpc) is 2.97. The van der Waals surface area contributed by atoms with Crippen LogP contribution in [0.4, 0.5) is 0 Å². The summed E-state index contributed by atoms with van der Waals surface area (Å²) < 4.78 is 0. The topological polar surface area (TPSA) is 37.3 Å². The Bertz CT molecular complexity index is 843. The van der Waals surface area contributed by atoms with Crippen molar-refractivity contribution < 1.29 is 9.90 Å². The number of aliphatic hydroxyl groups is 1. The van der Waals surface area contributed by atoms with Crippen LogP contribution in [0.1, 0.15) is 113 Å². The quantitative estimate of drug-likeness (QED) is 0.456. The highest BCUT2D eigenvalue weighted by molar-refractivity contribution is 5.86. The molecule has 0 aromatic heterocycles. The lowest BCUT2D eigenvalue weighted by Crippen LogP contribution is -2.58. The highest BCUT2D eigenvalue weighted by Gasteiger charge is 2.64. The number of carbonyl (C=O) groups is 1. The van der Waals surface area contributed by atoms with Crippen molar-refractivity contribution in [1.82, 2.24) is 0 Å². The third kappa shape index (κ3) is 3.25. The molecule has 0 heterocycles. The molecule has 180 valence electrons.